The van der Waals surface area contributed by atoms with E-state index in [1.807, 2.05) is 5.38 Å². The van der Waals surface area contributed by atoms with E-state index in [4.69, 9.17) is 10.5 Å². The van der Waals surface area contributed by atoms with Gasteiger partial charge in [0, 0.05) is 18.3 Å². The second-order valence-electron chi connectivity index (χ2n) is 2.57. The first kappa shape index (κ1) is 10.8. The Bertz CT molecular complexity index is 301. The maximum Gasteiger partial charge on any atom is 0.407 e. The van der Waals surface area contributed by atoms with Gasteiger partial charge in [0.15, 0.2) is 5.13 Å². The number of nitrogen functional groups attached to an aromatic ring is 1. The van der Waals surface area contributed by atoms with Crippen molar-refractivity contribution in [1.82, 2.24) is 10.3 Å². The number of carbonyl (C=O) groups is 1. The fraction of sp³-hybridized carbons (Fsp3) is 0.500. The van der Waals surface area contributed by atoms with Crippen molar-refractivity contribution in [1.29, 1.82) is 0 Å². The molecule has 3 N–H and O–H groups in total. The molecule has 1 aromatic heterocycles. The monoisotopic (exact) mass is 215 g/mol. The zero-order valence-electron chi connectivity index (χ0n) is 7.95. The van der Waals surface area contributed by atoms with Gasteiger partial charge in [0.2, 0.25) is 0 Å². The maximum atomic E-state index is 10.9. The van der Waals surface area contributed by atoms with Gasteiger partial charge >= 0.3 is 6.09 Å². The van der Waals surface area contributed by atoms with Crippen LogP contribution in [0.15, 0.2) is 5.38 Å². The summed E-state index contributed by atoms with van der Waals surface area (Å²) in [5.41, 5.74) is 6.35. The van der Waals surface area contributed by atoms with Gasteiger partial charge in [-0.05, 0) is 6.92 Å². The van der Waals surface area contributed by atoms with Gasteiger partial charge < -0.3 is 15.8 Å². The van der Waals surface area contributed by atoms with Gasteiger partial charge in [0.25, 0.3) is 0 Å². The third-order valence-electron chi connectivity index (χ3n) is 1.50. The topological polar surface area (TPSA) is 77.2 Å². The lowest BCUT2D eigenvalue weighted by atomic mass is 10.3. The van der Waals surface area contributed by atoms with E-state index in [1.54, 1.807) is 6.92 Å². The van der Waals surface area contributed by atoms with Crippen molar-refractivity contribution in [3.05, 3.63) is 11.1 Å². The van der Waals surface area contributed by atoms with Crippen molar-refractivity contribution in [2.45, 2.75) is 13.3 Å². The molecule has 1 rings (SSSR count). The summed E-state index contributed by atoms with van der Waals surface area (Å²) in [6.45, 7) is 2.66. The average molecular weight is 215 g/mol. The van der Waals surface area contributed by atoms with Gasteiger partial charge in [-0.15, -0.1) is 11.3 Å². The predicted octanol–water partition coefficient (Wildman–Crippen LogP) is 1.01. The molecule has 0 saturated carbocycles. The lowest BCUT2D eigenvalue weighted by Gasteiger charge is -2.02. The molecule has 78 valence electrons. The Balaban J connectivity index is 2.18. The first-order valence-electron chi connectivity index (χ1n) is 4.33. The molecule has 14 heavy (non-hydrogen) atoms. The van der Waals surface area contributed by atoms with Gasteiger partial charge in [-0.25, -0.2) is 9.78 Å². The molecular formula is C8H13N3O2S. The van der Waals surface area contributed by atoms with Gasteiger partial charge in [0.1, 0.15) is 0 Å². The van der Waals surface area contributed by atoms with Crippen molar-refractivity contribution in [2.75, 3.05) is 18.9 Å². The number of carbonyl (C=O) groups excluding carboxylic acids is 1. The molecule has 6 heteroatoms. The number of nitrogens with one attached hydrogen (secondary N) is 1. The van der Waals surface area contributed by atoms with Crippen LogP contribution in [-0.4, -0.2) is 24.2 Å². The number of nitrogens with two attached hydrogens (primary N) is 1. The van der Waals surface area contributed by atoms with Crippen molar-refractivity contribution >= 4 is 22.6 Å². The highest BCUT2D eigenvalue weighted by molar-refractivity contribution is 7.13. The van der Waals surface area contributed by atoms with Gasteiger partial charge in [-0.2, -0.15) is 0 Å². The Kier molecular flexibility index (Phi) is 4.18. The fourth-order valence-corrected chi connectivity index (χ4v) is 1.51. The third kappa shape index (κ3) is 3.61. The maximum absolute atomic E-state index is 10.9. The number of nitrogens with zero attached hydrogens (tertiary/aromatic N) is 1. The molecule has 0 saturated heterocycles. The van der Waals surface area contributed by atoms with E-state index >= 15 is 0 Å². The summed E-state index contributed by atoms with van der Waals surface area (Å²) >= 11 is 1.40. The molecule has 0 atom stereocenters. The van der Waals surface area contributed by atoms with E-state index in [9.17, 15) is 4.79 Å². The van der Waals surface area contributed by atoms with Crippen LogP contribution in [0.5, 0.6) is 0 Å². The number of thiazole rings is 1. The van der Waals surface area contributed by atoms with Crippen LogP contribution in [0.3, 0.4) is 0 Å². The number of anilines is 1. The molecule has 0 bridgehead atoms. The van der Waals surface area contributed by atoms with Crippen molar-refractivity contribution < 1.29 is 9.53 Å². The van der Waals surface area contributed by atoms with Crippen LogP contribution in [0, 0.1) is 0 Å². The number of alkyl carbamates (subject to hydrolysis) is 1. The minimum Gasteiger partial charge on any atom is -0.450 e. The number of hydrogen-bond donors (Lipinski definition) is 2. The molecule has 0 aliphatic rings. The van der Waals surface area contributed by atoms with Crippen LogP contribution in [0.1, 0.15) is 12.6 Å². The van der Waals surface area contributed by atoms with Gasteiger partial charge in [-0.3, -0.25) is 0 Å². The van der Waals surface area contributed by atoms with Gasteiger partial charge in [0.05, 0.1) is 12.3 Å². The number of hydrogen-bond acceptors (Lipinski definition) is 5. The largest absolute Gasteiger partial charge is 0.450 e. The minimum absolute atomic E-state index is 0.384. The average Bonchev–Trinajstić information content (AvgIpc) is 2.52. The molecule has 0 unspecified atom stereocenters. The van der Waals surface area contributed by atoms with E-state index in [0.717, 1.165) is 5.69 Å². The molecule has 1 heterocycles. The number of amides is 1. The highest BCUT2D eigenvalue weighted by atomic mass is 32.1. The van der Waals surface area contributed by atoms with Crippen LogP contribution in [0.2, 0.25) is 0 Å². The smallest absolute Gasteiger partial charge is 0.407 e. The van der Waals surface area contributed by atoms with Crippen LogP contribution in [0.4, 0.5) is 9.93 Å². The number of rotatable bonds is 4. The summed E-state index contributed by atoms with van der Waals surface area (Å²) in [5.74, 6) is 0. The van der Waals surface area contributed by atoms with Crippen molar-refractivity contribution in [3.63, 3.8) is 0 Å². The lowest BCUT2D eigenvalue weighted by molar-refractivity contribution is 0.152. The Labute approximate surface area is 86.3 Å². The Hall–Kier alpha value is -1.30. The van der Waals surface area contributed by atoms with Crippen molar-refractivity contribution in [3.8, 4) is 0 Å². The zero-order chi connectivity index (χ0) is 10.4. The Morgan fingerprint density at radius 1 is 1.79 bits per heavy atom. The van der Waals surface area contributed by atoms with E-state index in [-0.39, 0.29) is 0 Å². The van der Waals surface area contributed by atoms with E-state index in [1.165, 1.54) is 11.3 Å². The SMILES string of the molecule is CCOC(=O)NCCc1csc(N)n1. The molecule has 5 nitrogen and oxygen atoms in total. The highest BCUT2D eigenvalue weighted by Crippen LogP contribution is 2.10. The lowest BCUT2D eigenvalue weighted by Crippen LogP contribution is -2.26. The first-order valence-corrected chi connectivity index (χ1v) is 5.21. The molecule has 0 aromatic carbocycles. The molecule has 0 spiro atoms. The van der Waals surface area contributed by atoms with Crippen LogP contribution < -0.4 is 11.1 Å². The fourth-order valence-electron chi connectivity index (χ4n) is 0.912. The highest BCUT2D eigenvalue weighted by Gasteiger charge is 2.01. The molecule has 0 fully saturated rings. The zero-order valence-corrected chi connectivity index (χ0v) is 8.76. The molecule has 0 radical (unpaired) electrons. The summed E-state index contributed by atoms with van der Waals surface area (Å²) in [6.07, 6.45) is 0.280. The predicted molar refractivity (Wildman–Crippen MR) is 55.3 cm³/mol. The van der Waals surface area contributed by atoms with Gasteiger partial charge in [-0.1, -0.05) is 0 Å². The number of aromatic nitrogens is 1. The standard InChI is InChI=1S/C8H13N3O2S/c1-2-13-8(12)10-4-3-6-5-14-7(9)11-6/h5H,2-4H2,1H3,(H2,9,11)(H,10,12). The summed E-state index contributed by atoms with van der Waals surface area (Å²) < 4.78 is 4.69. The third-order valence-corrected chi connectivity index (χ3v) is 2.22. The van der Waals surface area contributed by atoms with Crippen molar-refractivity contribution in [2.24, 2.45) is 0 Å². The summed E-state index contributed by atoms with van der Waals surface area (Å²) in [4.78, 5) is 14.9. The Morgan fingerprint density at radius 2 is 2.57 bits per heavy atom. The second-order valence-corrected chi connectivity index (χ2v) is 3.46. The second kappa shape index (κ2) is 5.43. The molecule has 0 aliphatic heterocycles. The molecule has 1 aromatic rings. The number of ether oxygens (including phenoxy) is 1. The molecule has 1 amide bonds. The minimum atomic E-state index is -0.393. The van der Waals surface area contributed by atoms with Crippen LogP contribution in [-0.2, 0) is 11.2 Å². The summed E-state index contributed by atoms with van der Waals surface area (Å²) in [6, 6.07) is 0. The van der Waals surface area contributed by atoms with E-state index in [2.05, 4.69) is 10.3 Å². The molecular weight excluding hydrogens is 202 g/mol. The van der Waals surface area contributed by atoms with E-state index in [0.29, 0.717) is 24.7 Å². The summed E-state index contributed by atoms with van der Waals surface area (Å²) in [5, 5.41) is 5.03. The normalized spacial score (nSPS) is 9.79. The Morgan fingerprint density at radius 3 is 3.14 bits per heavy atom. The summed E-state index contributed by atoms with van der Waals surface area (Å²) in [7, 11) is 0. The van der Waals surface area contributed by atoms with Crippen LogP contribution in [0.25, 0.3) is 0 Å². The van der Waals surface area contributed by atoms with Crippen LogP contribution >= 0.6 is 11.3 Å². The first-order chi connectivity index (χ1) is 6.72. The van der Waals surface area contributed by atoms with E-state index < -0.39 is 6.09 Å². The quantitative estimate of drug-likeness (QED) is 0.786. The molecule has 0 aliphatic carbocycles.